The highest BCUT2D eigenvalue weighted by Crippen LogP contribution is 2.15. The van der Waals surface area contributed by atoms with Crippen molar-refractivity contribution in [3.63, 3.8) is 0 Å². The zero-order valence-electron chi connectivity index (χ0n) is 9.83. The maximum absolute atomic E-state index is 4.50. The molecule has 3 heteroatoms. The van der Waals surface area contributed by atoms with Gasteiger partial charge >= 0.3 is 0 Å². The van der Waals surface area contributed by atoms with Crippen LogP contribution in [0.3, 0.4) is 0 Å². The molecule has 1 heterocycles. The molecule has 1 aromatic rings. The molecule has 0 aromatic carbocycles. The van der Waals surface area contributed by atoms with Crippen molar-refractivity contribution < 1.29 is 0 Å². The van der Waals surface area contributed by atoms with Crippen molar-refractivity contribution in [2.24, 2.45) is 7.05 Å². The third-order valence-corrected chi connectivity index (χ3v) is 2.57. The molecule has 0 bridgehead atoms. The number of rotatable bonds is 4. The van der Waals surface area contributed by atoms with Crippen LogP contribution in [0.25, 0.3) is 0 Å². The zero-order chi connectivity index (χ0) is 10.7. The Morgan fingerprint density at radius 1 is 1.43 bits per heavy atom. The van der Waals surface area contributed by atoms with Crippen molar-refractivity contribution in [1.82, 2.24) is 15.1 Å². The van der Waals surface area contributed by atoms with E-state index in [0.717, 1.165) is 6.42 Å². The first-order chi connectivity index (χ1) is 6.54. The Morgan fingerprint density at radius 2 is 2.07 bits per heavy atom. The normalized spacial score (nSPS) is 13.6. The van der Waals surface area contributed by atoms with Gasteiger partial charge in [-0.3, -0.25) is 4.68 Å². The van der Waals surface area contributed by atoms with E-state index in [-0.39, 0.29) is 0 Å². The Hall–Kier alpha value is -0.830. The summed E-state index contributed by atoms with van der Waals surface area (Å²) in [5.74, 6) is 0.547. The first-order valence-electron chi connectivity index (χ1n) is 5.24. The van der Waals surface area contributed by atoms with Gasteiger partial charge in [-0.25, -0.2) is 0 Å². The van der Waals surface area contributed by atoms with Gasteiger partial charge in [0.05, 0.1) is 5.69 Å². The van der Waals surface area contributed by atoms with Gasteiger partial charge in [-0.2, -0.15) is 5.10 Å². The second-order valence-corrected chi connectivity index (χ2v) is 4.23. The molecule has 0 aliphatic heterocycles. The number of aromatic nitrogens is 2. The highest BCUT2D eigenvalue weighted by Gasteiger charge is 2.10. The predicted molar refractivity (Wildman–Crippen MR) is 59.5 cm³/mol. The molecule has 0 aliphatic rings. The van der Waals surface area contributed by atoms with Crippen LogP contribution < -0.4 is 5.32 Å². The molecule has 1 N–H and O–H groups in total. The minimum Gasteiger partial charge on any atom is -0.317 e. The molecule has 1 aromatic heterocycles. The van der Waals surface area contributed by atoms with Crippen LogP contribution in [0.5, 0.6) is 0 Å². The van der Waals surface area contributed by atoms with Gasteiger partial charge in [0.25, 0.3) is 0 Å². The number of likely N-dealkylation sites (N-methyl/N-ethyl adjacent to an activating group) is 1. The van der Waals surface area contributed by atoms with Crippen LogP contribution in [0.2, 0.25) is 0 Å². The van der Waals surface area contributed by atoms with E-state index in [0.29, 0.717) is 12.0 Å². The Kier molecular flexibility index (Phi) is 3.69. The lowest BCUT2D eigenvalue weighted by molar-refractivity contribution is 0.589. The lowest BCUT2D eigenvalue weighted by Crippen LogP contribution is -2.23. The van der Waals surface area contributed by atoms with Crippen molar-refractivity contribution in [2.75, 3.05) is 7.05 Å². The van der Waals surface area contributed by atoms with E-state index in [9.17, 15) is 0 Å². The molecule has 0 saturated heterocycles. The van der Waals surface area contributed by atoms with E-state index < -0.39 is 0 Å². The summed E-state index contributed by atoms with van der Waals surface area (Å²) in [7, 11) is 4.00. The van der Waals surface area contributed by atoms with E-state index in [4.69, 9.17) is 0 Å². The minimum absolute atomic E-state index is 0.491. The fourth-order valence-electron chi connectivity index (χ4n) is 1.60. The molecule has 0 spiro atoms. The summed E-state index contributed by atoms with van der Waals surface area (Å²) < 4.78 is 1.99. The Morgan fingerprint density at radius 3 is 2.50 bits per heavy atom. The number of nitrogens with zero attached hydrogens (tertiary/aromatic N) is 2. The third kappa shape index (κ3) is 2.58. The molecular weight excluding hydrogens is 174 g/mol. The average molecular weight is 195 g/mol. The van der Waals surface area contributed by atoms with Gasteiger partial charge in [-0.1, -0.05) is 13.8 Å². The number of aryl methyl sites for hydroxylation is 1. The van der Waals surface area contributed by atoms with Gasteiger partial charge in [0, 0.05) is 25.2 Å². The van der Waals surface area contributed by atoms with E-state index in [2.05, 4.69) is 37.3 Å². The molecule has 0 aliphatic carbocycles. The lowest BCUT2D eigenvalue weighted by atomic mass is 10.1. The summed E-state index contributed by atoms with van der Waals surface area (Å²) in [5.41, 5.74) is 2.49. The molecule has 0 amide bonds. The zero-order valence-corrected chi connectivity index (χ0v) is 9.83. The van der Waals surface area contributed by atoms with Crippen LogP contribution in [0.1, 0.15) is 38.1 Å². The molecule has 0 saturated carbocycles. The van der Waals surface area contributed by atoms with Gasteiger partial charge in [-0.05, 0) is 26.0 Å². The van der Waals surface area contributed by atoms with Gasteiger partial charge in [0.1, 0.15) is 0 Å². The van der Waals surface area contributed by atoms with Crippen LogP contribution >= 0.6 is 0 Å². The maximum Gasteiger partial charge on any atom is 0.0642 e. The van der Waals surface area contributed by atoms with Crippen molar-refractivity contribution in [1.29, 1.82) is 0 Å². The first kappa shape index (κ1) is 11.2. The van der Waals surface area contributed by atoms with Crippen molar-refractivity contribution in [3.05, 3.63) is 17.5 Å². The number of nitrogens with one attached hydrogen (secondary N) is 1. The molecule has 1 atom stereocenters. The minimum atomic E-state index is 0.491. The van der Waals surface area contributed by atoms with Crippen LogP contribution in [0.15, 0.2) is 6.07 Å². The van der Waals surface area contributed by atoms with E-state index in [1.165, 1.54) is 11.4 Å². The SMILES string of the molecule is CNC(C)Cc1cc(C(C)C)n(C)n1. The molecule has 80 valence electrons. The smallest absolute Gasteiger partial charge is 0.0642 e. The standard InChI is InChI=1S/C11H21N3/c1-8(2)11-7-10(13-14(11)5)6-9(3)12-4/h7-9,12H,6H2,1-5H3. The number of hydrogen-bond donors (Lipinski definition) is 1. The fourth-order valence-corrected chi connectivity index (χ4v) is 1.60. The van der Waals surface area contributed by atoms with Crippen LogP contribution in [-0.4, -0.2) is 22.9 Å². The third-order valence-electron chi connectivity index (χ3n) is 2.57. The highest BCUT2D eigenvalue weighted by molar-refractivity contribution is 5.14. The molecule has 0 fully saturated rings. The Labute approximate surface area is 86.5 Å². The summed E-state index contributed by atoms with van der Waals surface area (Å²) in [6.45, 7) is 6.56. The predicted octanol–water partition coefficient (Wildman–Crippen LogP) is 1.69. The summed E-state index contributed by atoms with van der Waals surface area (Å²) >= 11 is 0. The monoisotopic (exact) mass is 195 g/mol. The van der Waals surface area contributed by atoms with Gasteiger partial charge < -0.3 is 5.32 Å². The van der Waals surface area contributed by atoms with Gasteiger partial charge in [-0.15, -0.1) is 0 Å². The molecule has 1 unspecified atom stereocenters. The second-order valence-electron chi connectivity index (χ2n) is 4.23. The Bertz CT molecular complexity index is 289. The molecule has 1 rings (SSSR count). The summed E-state index contributed by atoms with van der Waals surface area (Å²) in [4.78, 5) is 0. The fraction of sp³-hybridized carbons (Fsp3) is 0.727. The quantitative estimate of drug-likeness (QED) is 0.792. The first-order valence-corrected chi connectivity index (χ1v) is 5.24. The van der Waals surface area contributed by atoms with Crippen molar-refractivity contribution in [2.45, 2.75) is 39.2 Å². The van der Waals surface area contributed by atoms with E-state index in [1.807, 2.05) is 18.8 Å². The van der Waals surface area contributed by atoms with Gasteiger partial charge in [0.15, 0.2) is 0 Å². The number of hydrogen-bond acceptors (Lipinski definition) is 2. The average Bonchev–Trinajstić information content (AvgIpc) is 2.46. The summed E-state index contributed by atoms with van der Waals surface area (Å²) in [6, 6.07) is 2.70. The summed E-state index contributed by atoms with van der Waals surface area (Å²) in [5, 5.41) is 7.72. The molecule has 3 nitrogen and oxygen atoms in total. The van der Waals surface area contributed by atoms with Crippen LogP contribution in [0, 0.1) is 0 Å². The van der Waals surface area contributed by atoms with Crippen molar-refractivity contribution in [3.8, 4) is 0 Å². The molecular formula is C11H21N3. The second kappa shape index (κ2) is 4.60. The van der Waals surface area contributed by atoms with Crippen LogP contribution in [-0.2, 0) is 13.5 Å². The van der Waals surface area contributed by atoms with E-state index >= 15 is 0 Å². The highest BCUT2D eigenvalue weighted by atomic mass is 15.3. The summed E-state index contributed by atoms with van der Waals surface area (Å²) in [6.07, 6.45) is 0.997. The van der Waals surface area contributed by atoms with Gasteiger partial charge in [0.2, 0.25) is 0 Å². The lowest BCUT2D eigenvalue weighted by Gasteiger charge is -2.06. The van der Waals surface area contributed by atoms with E-state index in [1.54, 1.807) is 0 Å². The largest absolute Gasteiger partial charge is 0.317 e. The molecule has 14 heavy (non-hydrogen) atoms. The topological polar surface area (TPSA) is 29.9 Å². The van der Waals surface area contributed by atoms with Crippen molar-refractivity contribution >= 4 is 0 Å². The Balaban J connectivity index is 2.75. The van der Waals surface area contributed by atoms with Crippen LogP contribution in [0.4, 0.5) is 0 Å². The maximum atomic E-state index is 4.50. The molecule has 0 radical (unpaired) electrons.